The van der Waals surface area contributed by atoms with Crippen molar-refractivity contribution in [1.29, 1.82) is 0 Å². The normalized spacial score (nSPS) is 16.3. The summed E-state index contributed by atoms with van der Waals surface area (Å²) in [5, 5.41) is 2.94. The van der Waals surface area contributed by atoms with Gasteiger partial charge in [-0.2, -0.15) is 11.8 Å². The molecule has 3 rings (SSSR count). The number of nitrogens with one attached hydrogen (secondary N) is 1. The van der Waals surface area contributed by atoms with Gasteiger partial charge in [0.15, 0.2) is 0 Å². The fourth-order valence-electron chi connectivity index (χ4n) is 4.02. The monoisotopic (exact) mass is 520 g/mol. The van der Waals surface area contributed by atoms with Crippen molar-refractivity contribution in [2.75, 3.05) is 30.4 Å². The number of benzene rings is 2. The van der Waals surface area contributed by atoms with Crippen LogP contribution < -0.4 is 17.7 Å². The average molecular weight is 522 g/mol. The highest BCUT2D eigenvalue weighted by Crippen LogP contribution is 2.28. The minimum Gasteiger partial charge on any atom is -1.00 e. The van der Waals surface area contributed by atoms with E-state index in [0.717, 1.165) is 33.3 Å². The molecular formula is C25H30BrClN2OS. The summed E-state index contributed by atoms with van der Waals surface area (Å²) in [5.41, 5.74) is 3.09. The highest BCUT2D eigenvalue weighted by atomic mass is 79.9. The summed E-state index contributed by atoms with van der Waals surface area (Å²) >= 11 is 5.51. The second kappa shape index (κ2) is 12.5. The lowest BCUT2D eigenvalue weighted by Crippen LogP contribution is -3.00. The van der Waals surface area contributed by atoms with Crippen molar-refractivity contribution < 1.29 is 21.7 Å². The molecule has 31 heavy (non-hydrogen) atoms. The molecule has 6 heteroatoms. The molecule has 0 spiro atoms. The van der Waals surface area contributed by atoms with Crippen LogP contribution in [0.15, 0.2) is 71.7 Å². The smallest absolute Gasteiger partial charge is 0.248 e. The number of likely N-dealkylation sites (N-methyl/N-ethyl adjacent to an activating group) is 1. The number of halogens is 2. The van der Waals surface area contributed by atoms with Crippen LogP contribution in [0, 0.1) is 0 Å². The molecule has 1 saturated heterocycles. The van der Waals surface area contributed by atoms with E-state index in [1.807, 2.05) is 48.6 Å². The first kappa shape index (κ1) is 25.7. The summed E-state index contributed by atoms with van der Waals surface area (Å²) in [6, 6.07) is 16.8. The number of hydrogen-bond donors (Lipinski definition) is 1. The van der Waals surface area contributed by atoms with Crippen LogP contribution in [0.2, 0.25) is 0 Å². The summed E-state index contributed by atoms with van der Waals surface area (Å²) in [5.74, 6) is 2.39. The van der Waals surface area contributed by atoms with Gasteiger partial charge in [0.2, 0.25) is 5.91 Å². The molecule has 3 nitrogen and oxygen atoms in total. The summed E-state index contributed by atoms with van der Waals surface area (Å²) < 4.78 is 2.00. The van der Waals surface area contributed by atoms with Crippen molar-refractivity contribution in [2.24, 2.45) is 0 Å². The zero-order valence-electron chi connectivity index (χ0n) is 17.9. The van der Waals surface area contributed by atoms with E-state index >= 15 is 0 Å². The van der Waals surface area contributed by atoms with E-state index in [9.17, 15) is 4.79 Å². The van der Waals surface area contributed by atoms with E-state index in [2.05, 4.69) is 58.8 Å². The molecule has 1 N–H and O–H groups in total. The van der Waals surface area contributed by atoms with Gasteiger partial charge in [0.05, 0.1) is 19.6 Å². The molecule has 0 bridgehead atoms. The third kappa shape index (κ3) is 7.83. The maximum atomic E-state index is 12.3. The number of rotatable bonds is 8. The number of hydrogen-bond acceptors (Lipinski definition) is 2. The maximum absolute atomic E-state index is 12.3. The number of thioether (sulfide) groups is 1. The Morgan fingerprint density at radius 3 is 2.58 bits per heavy atom. The number of amides is 1. The largest absolute Gasteiger partial charge is 1.00 e. The second-order valence-electron chi connectivity index (χ2n) is 8.03. The van der Waals surface area contributed by atoms with Crippen LogP contribution in [-0.2, 0) is 11.3 Å². The Balaban J connectivity index is 0.00000341. The summed E-state index contributed by atoms with van der Waals surface area (Å²) in [6.45, 7) is 5.96. The van der Waals surface area contributed by atoms with Gasteiger partial charge in [-0.3, -0.25) is 4.79 Å². The van der Waals surface area contributed by atoms with E-state index in [1.165, 1.54) is 29.9 Å². The Morgan fingerprint density at radius 2 is 1.94 bits per heavy atom. The first-order valence-corrected chi connectivity index (χ1v) is 12.3. The van der Waals surface area contributed by atoms with Gasteiger partial charge < -0.3 is 22.2 Å². The minimum atomic E-state index is -0.130. The summed E-state index contributed by atoms with van der Waals surface area (Å²) in [4.78, 5) is 12.3. The maximum Gasteiger partial charge on any atom is 0.248 e. The molecule has 0 saturated carbocycles. The molecule has 1 amide bonds. The Hall–Kier alpha value is -1.53. The van der Waals surface area contributed by atoms with Crippen molar-refractivity contribution in [2.45, 2.75) is 25.4 Å². The second-order valence-corrected chi connectivity index (χ2v) is 10.2. The van der Waals surface area contributed by atoms with Crippen LogP contribution in [0.1, 0.15) is 24.0 Å². The fourth-order valence-corrected chi connectivity index (χ4v) is 5.52. The van der Waals surface area contributed by atoms with E-state index in [4.69, 9.17) is 0 Å². The van der Waals surface area contributed by atoms with Crippen LogP contribution in [0.5, 0.6) is 0 Å². The predicted octanol–water partition coefficient (Wildman–Crippen LogP) is 3.13. The Kier molecular flexibility index (Phi) is 10.4. The lowest BCUT2D eigenvalue weighted by atomic mass is 10.0. The van der Waals surface area contributed by atoms with Crippen LogP contribution in [-0.4, -0.2) is 41.5 Å². The molecule has 1 fully saturated rings. The lowest BCUT2D eigenvalue weighted by Gasteiger charge is -2.43. The molecule has 2 aromatic carbocycles. The van der Waals surface area contributed by atoms with Crippen molar-refractivity contribution in [3.63, 3.8) is 0 Å². The first-order chi connectivity index (χ1) is 14.5. The average Bonchev–Trinajstić information content (AvgIpc) is 2.75. The summed E-state index contributed by atoms with van der Waals surface area (Å²) in [7, 11) is 2.35. The number of quaternary nitrogens is 1. The van der Waals surface area contributed by atoms with Gasteiger partial charge in [-0.25, -0.2) is 0 Å². The van der Waals surface area contributed by atoms with Crippen molar-refractivity contribution in [3.05, 3.63) is 82.9 Å². The molecule has 0 radical (unpaired) electrons. The summed E-state index contributed by atoms with van der Waals surface area (Å²) in [6.07, 6.45) is 7.97. The molecule has 1 unspecified atom stereocenters. The predicted molar refractivity (Wildman–Crippen MR) is 134 cm³/mol. The number of carbonyl (C=O) groups is 1. The van der Waals surface area contributed by atoms with E-state index in [-0.39, 0.29) is 18.3 Å². The third-order valence-electron chi connectivity index (χ3n) is 5.66. The standard InChI is InChI=1S/C25H29BrN2OS.ClH/c1-3-15-28(2,24-13-16-30-17-14-24)19-21-7-10-23(11-8-21)27-25(29)12-9-20-5-4-6-22(26)18-20;/h3-12,18,24H,1,13-17,19H2,2H3;1H. The van der Waals surface area contributed by atoms with Gasteiger partial charge in [-0.15, -0.1) is 0 Å². The zero-order chi connectivity index (χ0) is 21.4. The van der Waals surface area contributed by atoms with Crippen LogP contribution >= 0.6 is 27.7 Å². The van der Waals surface area contributed by atoms with Crippen molar-refractivity contribution in [1.82, 2.24) is 0 Å². The molecule has 1 aliphatic rings. The van der Waals surface area contributed by atoms with Gasteiger partial charge in [-0.05, 0) is 53.5 Å². The van der Waals surface area contributed by atoms with E-state index < -0.39 is 0 Å². The third-order valence-corrected chi connectivity index (χ3v) is 7.20. The molecule has 1 atom stereocenters. The van der Waals surface area contributed by atoms with E-state index in [0.29, 0.717) is 6.04 Å². The lowest BCUT2D eigenvalue weighted by molar-refractivity contribution is -0.941. The molecule has 2 aromatic rings. The Morgan fingerprint density at radius 1 is 1.23 bits per heavy atom. The van der Waals surface area contributed by atoms with Crippen molar-refractivity contribution in [3.8, 4) is 0 Å². The highest BCUT2D eigenvalue weighted by molar-refractivity contribution is 9.10. The van der Waals surface area contributed by atoms with Crippen LogP contribution in [0.3, 0.4) is 0 Å². The number of anilines is 1. The molecule has 1 heterocycles. The Labute approximate surface area is 205 Å². The van der Waals surface area contributed by atoms with Crippen LogP contribution in [0.4, 0.5) is 5.69 Å². The molecule has 0 aliphatic carbocycles. The van der Waals surface area contributed by atoms with Gasteiger partial charge in [0.1, 0.15) is 6.54 Å². The SMILES string of the molecule is C=CC[N+](C)(Cc1ccc(NC(=O)C=Cc2cccc(Br)c2)cc1)C1CCSCC1.[Cl-]. The van der Waals surface area contributed by atoms with Crippen molar-refractivity contribution >= 4 is 45.4 Å². The molecular weight excluding hydrogens is 492 g/mol. The quantitative estimate of drug-likeness (QED) is 0.329. The topological polar surface area (TPSA) is 29.1 Å². The van der Waals surface area contributed by atoms with Gasteiger partial charge in [-0.1, -0.05) is 46.8 Å². The van der Waals surface area contributed by atoms with Gasteiger partial charge in [0.25, 0.3) is 0 Å². The van der Waals surface area contributed by atoms with Gasteiger partial charge in [0, 0.05) is 34.6 Å². The number of nitrogens with zero attached hydrogens (tertiary/aromatic N) is 1. The highest BCUT2D eigenvalue weighted by Gasteiger charge is 2.33. The Bertz CT molecular complexity index is 897. The van der Waals surface area contributed by atoms with Gasteiger partial charge >= 0.3 is 0 Å². The molecule has 1 aliphatic heterocycles. The fraction of sp³-hybridized carbons (Fsp3) is 0.320. The minimum absolute atomic E-state index is 0. The molecule has 0 aromatic heterocycles. The van der Waals surface area contributed by atoms with Crippen LogP contribution in [0.25, 0.3) is 6.08 Å². The molecule has 166 valence electrons. The first-order valence-electron chi connectivity index (χ1n) is 10.3. The number of carbonyl (C=O) groups excluding carboxylic acids is 1. The zero-order valence-corrected chi connectivity index (χ0v) is 21.1. The van der Waals surface area contributed by atoms with E-state index in [1.54, 1.807) is 6.08 Å².